The fourth-order valence-electron chi connectivity index (χ4n) is 2.01. The largest absolute Gasteiger partial charge is 0.493 e. The van der Waals surface area contributed by atoms with Crippen LogP contribution < -0.4 is 19.6 Å². The molecule has 0 heterocycles. The Morgan fingerprint density at radius 3 is 2.64 bits per heavy atom. The van der Waals surface area contributed by atoms with E-state index in [1.807, 2.05) is 19.1 Å². The molecule has 25 heavy (non-hydrogen) atoms. The first-order valence-electron chi connectivity index (χ1n) is 7.64. The second-order valence-corrected chi connectivity index (χ2v) is 5.23. The Hall–Kier alpha value is -2.73. The molecule has 2 aromatic carbocycles. The van der Waals surface area contributed by atoms with Gasteiger partial charge in [-0.15, -0.1) is 0 Å². The Balaban J connectivity index is 1.94. The van der Waals surface area contributed by atoms with Gasteiger partial charge >= 0.3 is 0 Å². The van der Waals surface area contributed by atoms with E-state index in [9.17, 15) is 4.79 Å². The molecule has 0 aliphatic heterocycles. The van der Waals surface area contributed by atoms with Crippen LogP contribution in [0.1, 0.15) is 12.5 Å². The first-order chi connectivity index (χ1) is 12.2. The van der Waals surface area contributed by atoms with E-state index in [-0.39, 0.29) is 6.61 Å². The van der Waals surface area contributed by atoms with Gasteiger partial charge in [-0.3, -0.25) is 4.79 Å². The maximum absolute atomic E-state index is 11.8. The van der Waals surface area contributed by atoms with Crippen molar-refractivity contribution in [1.82, 2.24) is 5.43 Å². The normalized spacial score (nSPS) is 10.5. The van der Waals surface area contributed by atoms with E-state index in [1.165, 1.54) is 6.21 Å². The minimum Gasteiger partial charge on any atom is -0.493 e. The molecule has 0 aliphatic carbocycles. The second-order valence-electron chi connectivity index (χ2n) is 4.82. The van der Waals surface area contributed by atoms with E-state index in [2.05, 4.69) is 10.5 Å². The maximum Gasteiger partial charge on any atom is 0.277 e. The fourth-order valence-corrected chi connectivity index (χ4v) is 2.20. The lowest BCUT2D eigenvalue weighted by Gasteiger charge is -2.11. The van der Waals surface area contributed by atoms with E-state index in [4.69, 9.17) is 25.8 Å². The second kappa shape index (κ2) is 9.54. The number of hydrogen-bond donors (Lipinski definition) is 1. The van der Waals surface area contributed by atoms with Crippen molar-refractivity contribution in [2.75, 3.05) is 20.3 Å². The van der Waals surface area contributed by atoms with E-state index >= 15 is 0 Å². The third kappa shape index (κ3) is 5.39. The number of hydrazone groups is 1. The molecule has 0 saturated carbocycles. The van der Waals surface area contributed by atoms with Gasteiger partial charge in [-0.05, 0) is 31.2 Å². The molecule has 0 fully saturated rings. The van der Waals surface area contributed by atoms with Gasteiger partial charge in [0.15, 0.2) is 18.1 Å². The summed E-state index contributed by atoms with van der Waals surface area (Å²) in [5, 5.41) is 4.36. The number of rotatable bonds is 8. The number of para-hydroxylation sites is 2. The molecule has 1 amide bonds. The SMILES string of the molecule is CCOc1c(/C=N/NC(=O)COc2ccccc2Cl)cccc1OC. The molecule has 0 aliphatic rings. The lowest BCUT2D eigenvalue weighted by atomic mass is 10.2. The maximum atomic E-state index is 11.8. The van der Waals surface area contributed by atoms with Crippen LogP contribution in [0.5, 0.6) is 17.2 Å². The van der Waals surface area contributed by atoms with Crippen molar-refractivity contribution < 1.29 is 19.0 Å². The number of nitrogens with one attached hydrogen (secondary N) is 1. The van der Waals surface area contributed by atoms with E-state index < -0.39 is 5.91 Å². The number of amides is 1. The molecule has 2 rings (SSSR count). The van der Waals surface area contributed by atoms with E-state index in [0.717, 1.165) is 0 Å². The minimum atomic E-state index is -0.406. The van der Waals surface area contributed by atoms with Crippen molar-refractivity contribution >= 4 is 23.7 Å². The number of hydrogen-bond acceptors (Lipinski definition) is 5. The van der Waals surface area contributed by atoms with Crippen molar-refractivity contribution in [2.24, 2.45) is 5.10 Å². The molecule has 0 bridgehead atoms. The third-order valence-corrected chi connectivity index (χ3v) is 3.42. The molecule has 7 heteroatoms. The molecule has 132 valence electrons. The Morgan fingerprint density at radius 1 is 1.16 bits per heavy atom. The molecule has 0 radical (unpaired) electrons. The summed E-state index contributed by atoms with van der Waals surface area (Å²) in [5.41, 5.74) is 3.08. The summed E-state index contributed by atoms with van der Waals surface area (Å²) >= 11 is 5.96. The minimum absolute atomic E-state index is 0.197. The summed E-state index contributed by atoms with van der Waals surface area (Å²) < 4.78 is 16.2. The molecule has 0 spiro atoms. The molecule has 0 unspecified atom stereocenters. The standard InChI is InChI=1S/C18H19ClN2O4/c1-3-24-18-13(7-6-10-16(18)23-2)11-20-21-17(22)12-25-15-9-5-4-8-14(15)19/h4-11H,3,12H2,1-2H3,(H,21,22)/b20-11+. The monoisotopic (exact) mass is 362 g/mol. The van der Waals surface area contributed by atoms with Gasteiger partial charge in [-0.2, -0.15) is 5.10 Å². The van der Waals surface area contributed by atoms with Crippen LogP contribution in [-0.4, -0.2) is 32.4 Å². The van der Waals surface area contributed by atoms with Crippen molar-refractivity contribution in [2.45, 2.75) is 6.92 Å². The molecule has 0 saturated heterocycles. The zero-order valence-corrected chi connectivity index (χ0v) is 14.7. The van der Waals surface area contributed by atoms with Gasteiger partial charge in [0.2, 0.25) is 0 Å². The fraction of sp³-hybridized carbons (Fsp3) is 0.222. The summed E-state index contributed by atoms with van der Waals surface area (Å²) in [4.78, 5) is 11.8. The lowest BCUT2D eigenvalue weighted by Crippen LogP contribution is -2.24. The Bertz CT molecular complexity index is 750. The van der Waals surface area contributed by atoms with Crippen LogP contribution >= 0.6 is 11.6 Å². The highest BCUT2D eigenvalue weighted by Gasteiger charge is 2.09. The van der Waals surface area contributed by atoms with Crippen LogP contribution in [0.15, 0.2) is 47.6 Å². The zero-order valence-electron chi connectivity index (χ0n) is 14.0. The molecular weight excluding hydrogens is 344 g/mol. The van der Waals surface area contributed by atoms with Crippen molar-refractivity contribution in [3.05, 3.63) is 53.1 Å². The van der Waals surface area contributed by atoms with Gasteiger partial charge in [-0.1, -0.05) is 29.8 Å². The van der Waals surface area contributed by atoms with Crippen molar-refractivity contribution in [3.63, 3.8) is 0 Å². The highest BCUT2D eigenvalue weighted by atomic mass is 35.5. The molecule has 0 aromatic heterocycles. The quantitative estimate of drug-likeness (QED) is 0.578. The average molecular weight is 363 g/mol. The third-order valence-electron chi connectivity index (χ3n) is 3.11. The number of halogens is 1. The van der Waals surface area contributed by atoms with Crippen molar-refractivity contribution in [3.8, 4) is 17.2 Å². The summed E-state index contributed by atoms with van der Waals surface area (Å²) in [7, 11) is 1.56. The first kappa shape index (κ1) is 18.6. The number of nitrogens with zero attached hydrogens (tertiary/aromatic N) is 1. The number of carbonyl (C=O) groups excluding carboxylic acids is 1. The van der Waals surface area contributed by atoms with Crippen LogP contribution in [0.3, 0.4) is 0 Å². The predicted octanol–water partition coefficient (Wildman–Crippen LogP) is 3.28. The van der Waals surface area contributed by atoms with Gasteiger partial charge in [0.05, 0.1) is 25.0 Å². The molecule has 0 atom stereocenters. The summed E-state index contributed by atoms with van der Waals surface area (Å²) in [6, 6.07) is 12.3. The van der Waals surface area contributed by atoms with Crippen LogP contribution in [0, 0.1) is 0 Å². The molecular formula is C18H19ClN2O4. The first-order valence-corrected chi connectivity index (χ1v) is 8.02. The smallest absolute Gasteiger partial charge is 0.277 e. The number of carbonyl (C=O) groups is 1. The molecule has 2 aromatic rings. The summed E-state index contributed by atoms with van der Waals surface area (Å²) in [6.07, 6.45) is 1.49. The van der Waals surface area contributed by atoms with Crippen LogP contribution in [0.4, 0.5) is 0 Å². The van der Waals surface area contributed by atoms with Crippen LogP contribution in [0.2, 0.25) is 5.02 Å². The van der Waals surface area contributed by atoms with Crippen molar-refractivity contribution in [1.29, 1.82) is 0 Å². The Morgan fingerprint density at radius 2 is 1.92 bits per heavy atom. The average Bonchev–Trinajstić information content (AvgIpc) is 2.62. The lowest BCUT2D eigenvalue weighted by molar-refractivity contribution is -0.123. The predicted molar refractivity (Wildman–Crippen MR) is 96.8 cm³/mol. The van der Waals surface area contributed by atoms with Crippen LogP contribution in [0.25, 0.3) is 0 Å². The van der Waals surface area contributed by atoms with Crippen LogP contribution in [-0.2, 0) is 4.79 Å². The van der Waals surface area contributed by atoms with Gasteiger partial charge in [-0.25, -0.2) is 5.43 Å². The summed E-state index contributed by atoms with van der Waals surface area (Å²) in [5.74, 6) is 1.20. The van der Waals surface area contributed by atoms with Gasteiger partial charge in [0, 0.05) is 5.56 Å². The number of methoxy groups -OCH3 is 1. The molecule has 6 nitrogen and oxygen atoms in total. The van der Waals surface area contributed by atoms with Gasteiger partial charge in [0.1, 0.15) is 5.75 Å². The zero-order chi connectivity index (χ0) is 18.1. The van der Waals surface area contributed by atoms with Gasteiger partial charge in [0.25, 0.3) is 5.91 Å². The molecule has 1 N–H and O–H groups in total. The number of benzene rings is 2. The summed E-state index contributed by atoms with van der Waals surface area (Å²) in [6.45, 7) is 2.16. The van der Waals surface area contributed by atoms with E-state index in [0.29, 0.717) is 34.4 Å². The topological polar surface area (TPSA) is 69.2 Å². The Labute approximate surface area is 151 Å². The highest BCUT2D eigenvalue weighted by Crippen LogP contribution is 2.29. The van der Waals surface area contributed by atoms with Gasteiger partial charge < -0.3 is 14.2 Å². The van der Waals surface area contributed by atoms with E-state index in [1.54, 1.807) is 37.4 Å². The Kier molecular flexibility index (Phi) is 7.10. The highest BCUT2D eigenvalue weighted by molar-refractivity contribution is 6.32. The number of ether oxygens (including phenoxy) is 3.